The molecule has 0 saturated heterocycles. The van der Waals surface area contributed by atoms with Gasteiger partial charge in [-0.2, -0.15) is 0 Å². The number of H-pyrrole nitrogens is 2. The van der Waals surface area contributed by atoms with Gasteiger partial charge >= 0.3 is 14.2 Å². The number of fused-ring (bicyclic) bond motifs is 4. The number of carbonyl (C=O) groups is 2. The molecule has 0 spiro atoms. The highest BCUT2D eigenvalue weighted by atomic mass is 35.5. The molecular formula is C25H24ClN3O9P+. The van der Waals surface area contributed by atoms with Crippen LogP contribution in [0.1, 0.15) is 32.5 Å². The van der Waals surface area contributed by atoms with Gasteiger partial charge in [-0.05, 0) is 23.8 Å². The Bertz CT molecular complexity index is 1650. The van der Waals surface area contributed by atoms with Crippen LogP contribution in [-0.2, 0) is 9.30 Å². The van der Waals surface area contributed by atoms with Crippen LogP contribution in [0.5, 0.6) is 23.0 Å². The number of nitrogens with one attached hydrogen (secondary N) is 2. The topological polar surface area (TPSA) is 152 Å². The van der Waals surface area contributed by atoms with Gasteiger partial charge in [-0.15, -0.1) is 16.5 Å². The van der Waals surface area contributed by atoms with Crippen LogP contribution in [0.2, 0.25) is 0 Å². The molecule has 2 atom stereocenters. The van der Waals surface area contributed by atoms with Crippen molar-refractivity contribution in [2.24, 2.45) is 0 Å². The first kappa shape index (κ1) is 26.6. The molecule has 0 radical (unpaired) electrons. The molecule has 5 rings (SSSR count). The molecule has 4 aromatic rings. The van der Waals surface area contributed by atoms with E-state index in [1.165, 1.54) is 39.4 Å². The van der Waals surface area contributed by atoms with Gasteiger partial charge in [-0.25, -0.2) is 9.32 Å². The van der Waals surface area contributed by atoms with Crippen molar-refractivity contribution in [3.05, 3.63) is 41.2 Å². The number of ether oxygens (including phenoxy) is 4. The first-order valence-corrected chi connectivity index (χ1v) is 13.2. The number of carbonyl (C=O) groups excluding carboxylic acids is 2. The molecule has 0 saturated carbocycles. The molecule has 14 heteroatoms. The third-order valence-corrected chi connectivity index (χ3v) is 7.39. The smallest absolute Gasteiger partial charge is 0.493 e. The van der Waals surface area contributed by atoms with E-state index in [0.29, 0.717) is 50.3 Å². The number of hydrogen-bond donors (Lipinski definition) is 3. The summed E-state index contributed by atoms with van der Waals surface area (Å²) in [5, 5.41) is 1.18. The number of rotatable bonds is 8. The molecule has 0 aliphatic carbocycles. The monoisotopic (exact) mass is 576 g/mol. The van der Waals surface area contributed by atoms with Crippen LogP contribution in [0.3, 0.4) is 0 Å². The normalized spacial score (nSPS) is 14.9. The van der Waals surface area contributed by atoms with E-state index in [1.54, 1.807) is 18.2 Å². The third kappa shape index (κ3) is 4.30. The molecule has 204 valence electrons. The van der Waals surface area contributed by atoms with Gasteiger partial charge in [0.05, 0.1) is 45.2 Å². The Balaban J connectivity index is 1.67. The van der Waals surface area contributed by atoms with Crippen LogP contribution in [0.15, 0.2) is 24.3 Å². The van der Waals surface area contributed by atoms with E-state index in [-0.39, 0.29) is 41.4 Å². The van der Waals surface area contributed by atoms with Crippen molar-refractivity contribution in [2.45, 2.75) is 5.92 Å². The summed E-state index contributed by atoms with van der Waals surface area (Å²) in [6.45, 7) is 0.222. The minimum absolute atomic E-state index is 0.0108. The van der Waals surface area contributed by atoms with E-state index < -0.39 is 14.2 Å². The first-order chi connectivity index (χ1) is 18.8. The molecule has 0 bridgehead atoms. The molecule has 2 aromatic carbocycles. The van der Waals surface area contributed by atoms with E-state index in [9.17, 15) is 19.0 Å². The molecule has 39 heavy (non-hydrogen) atoms. The molecule has 2 aromatic heterocycles. The Morgan fingerprint density at radius 1 is 1.00 bits per heavy atom. The van der Waals surface area contributed by atoms with Gasteiger partial charge in [-0.1, -0.05) is 0 Å². The number of amides is 1. The van der Waals surface area contributed by atoms with Crippen molar-refractivity contribution in [3.63, 3.8) is 0 Å². The number of alkyl halides is 1. The van der Waals surface area contributed by atoms with Gasteiger partial charge in [0, 0.05) is 39.7 Å². The van der Waals surface area contributed by atoms with E-state index in [1.807, 2.05) is 0 Å². The fourth-order valence-electron chi connectivity index (χ4n) is 5.03. The van der Waals surface area contributed by atoms with Crippen molar-refractivity contribution in [3.8, 4) is 23.0 Å². The summed E-state index contributed by atoms with van der Waals surface area (Å²) < 4.78 is 38.0. The van der Waals surface area contributed by atoms with E-state index >= 15 is 0 Å². The number of hydrogen-bond acceptors (Lipinski definition) is 8. The van der Waals surface area contributed by atoms with Gasteiger partial charge in [-0.3, -0.25) is 4.79 Å². The standard InChI is InChI=1S/C25H23ClN3O9P/c1-34-18-6-11-5-14(27-20(11)23(36-3)22(18)35-2)24(30)29-10-12(9-26)19-13-7-15(25(31)37-4)28-21(13)17(8-16(19)29)38-39(32)33/h5-8,12H,9-10H2,1-4H3,(H2-,27,28,30,31,32,33)/p+1/t12-/m1/s1. The maximum atomic E-state index is 13.9. The van der Waals surface area contributed by atoms with Gasteiger partial charge in [0.2, 0.25) is 11.5 Å². The second-order valence-electron chi connectivity index (χ2n) is 8.66. The lowest BCUT2D eigenvalue weighted by Gasteiger charge is -2.17. The molecule has 3 heterocycles. The highest BCUT2D eigenvalue weighted by Gasteiger charge is 2.38. The van der Waals surface area contributed by atoms with E-state index in [0.717, 1.165) is 0 Å². The third-order valence-electron chi connectivity index (χ3n) is 6.66. The van der Waals surface area contributed by atoms with E-state index in [2.05, 4.69) is 9.97 Å². The average molecular weight is 577 g/mol. The van der Waals surface area contributed by atoms with E-state index in [4.69, 9.17) is 35.1 Å². The lowest BCUT2D eigenvalue weighted by atomic mass is 9.98. The van der Waals surface area contributed by atoms with Crippen molar-refractivity contribution in [2.75, 3.05) is 45.8 Å². The second kappa shape index (κ2) is 10.3. The van der Waals surface area contributed by atoms with Crippen LogP contribution in [0, 0.1) is 0 Å². The number of esters is 1. The van der Waals surface area contributed by atoms with Crippen molar-refractivity contribution >= 4 is 59.2 Å². The maximum Gasteiger partial charge on any atom is 0.747 e. The van der Waals surface area contributed by atoms with Crippen LogP contribution in [0.25, 0.3) is 21.8 Å². The summed E-state index contributed by atoms with van der Waals surface area (Å²) in [5.41, 5.74) is 2.34. The van der Waals surface area contributed by atoms with Gasteiger partial charge in [0.1, 0.15) is 11.4 Å². The number of anilines is 1. The second-order valence-corrected chi connectivity index (χ2v) is 9.63. The number of aromatic nitrogens is 2. The summed E-state index contributed by atoms with van der Waals surface area (Å²) in [6, 6.07) is 6.43. The summed E-state index contributed by atoms with van der Waals surface area (Å²) in [5.74, 6) is 0.0245. The fraction of sp³-hybridized carbons (Fsp3) is 0.280. The average Bonchev–Trinajstić information content (AvgIpc) is 3.65. The van der Waals surface area contributed by atoms with Gasteiger partial charge in [0.15, 0.2) is 11.5 Å². The molecule has 12 nitrogen and oxygen atoms in total. The summed E-state index contributed by atoms with van der Waals surface area (Å²) in [6.07, 6.45) is 0. The van der Waals surface area contributed by atoms with Crippen LogP contribution in [0.4, 0.5) is 5.69 Å². The molecule has 1 amide bonds. The minimum atomic E-state index is -3.04. The molecule has 1 unspecified atom stereocenters. The zero-order valence-electron chi connectivity index (χ0n) is 21.3. The molecule has 1 aliphatic rings. The Kier molecular flexibility index (Phi) is 7.02. The predicted molar refractivity (Wildman–Crippen MR) is 143 cm³/mol. The number of methoxy groups -OCH3 is 4. The summed E-state index contributed by atoms with van der Waals surface area (Å²) >= 11 is 6.33. The summed E-state index contributed by atoms with van der Waals surface area (Å²) in [7, 11) is 2.67. The summed E-state index contributed by atoms with van der Waals surface area (Å²) in [4.78, 5) is 43.1. The van der Waals surface area contributed by atoms with Gasteiger partial charge < -0.3 is 33.8 Å². The fourth-order valence-corrected chi connectivity index (χ4v) is 5.60. The van der Waals surface area contributed by atoms with Gasteiger partial charge in [0.25, 0.3) is 5.91 Å². The first-order valence-electron chi connectivity index (χ1n) is 11.6. The van der Waals surface area contributed by atoms with Crippen LogP contribution < -0.4 is 23.6 Å². The molecule has 3 N–H and O–H groups in total. The molecular weight excluding hydrogens is 553 g/mol. The quantitative estimate of drug-likeness (QED) is 0.157. The Labute approximate surface area is 227 Å². The van der Waals surface area contributed by atoms with Crippen molar-refractivity contribution < 1.29 is 42.5 Å². The lowest BCUT2D eigenvalue weighted by molar-refractivity contribution is 0.0595. The number of nitrogens with zero attached hydrogens (tertiary/aromatic N) is 1. The van der Waals surface area contributed by atoms with Crippen molar-refractivity contribution in [1.82, 2.24) is 9.97 Å². The lowest BCUT2D eigenvalue weighted by Crippen LogP contribution is -2.30. The SMILES string of the molecule is COC(=O)c1cc2c3c(cc(O[P+](=O)O)c2[nH]1)N(C(=O)c1cc2cc(OC)c(OC)c(OC)c2[nH]1)C[C@H]3CCl. The zero-order chi connectivity index (χ0) is 28.0. The highest BCUT2D eigenvalue weighted by molar-refractivity contribution is 7.32. The molecule has 1 aliphatic heterocycles. The Morgan fingerprint density at radius 2 is 1.72 bits per heavy atom. The molecule has 0 fully saturated rings. The maximum absolute atomic E-state index is 13.9. The minimum Gasteiger partial charge on any atom is -0.493 e. The highest BCUT2D eigenvalue weighted by Crippen LogP contribution is 2.48. The number of halogens is 1. The number of benzene rings is 2. The van der Waals surface area contributed by atoms with Crippen molar-refractivity contribution in [1.29, 1.82) is 0 Å². The number of aromatic amines is 2. The Morgan fingerprint density at radius 3 is 2.33 bits per heavy atom. The van der Waals surface area contributed by atoms with Crippen LogP contribution >= 0.6 is 19.9 Å². The van der Waals surface area contributed by atoms with Crippen LogP contribution in [-0.4, -0.2) is 67.6 Å². The largest absolute Gasteiger partial charge is 0.747 e. The zero-order valence-corrected chi connectivity index (χ0v) is 22.9. The predicted octanol–water partition coefficient (Wildman–Crippen LogP) is 4.47. The Hall–Kier alpha value is -3.99.